The maximum atomic E-state index is 12.9. The molecule has 0 saturated heterocycles. The second-order valence-electron chi connectivity index (χ2n) is 6.73. The minimum absolute atomic E-state index is 0.0534. The highest BCUT2D eigenvalue weighted by atomic mass is 35.5. The molecule has 0 radical (unpaired) electrons. The SMILES string of the molecule is CC(C)[C@@H](CCl)NC(=O)c1ccccc1S(=O)(=O)N[C@H](C)c1ccccc1. The standard InChI is InChI=1S/C20H25ClN2O3S/c1-14(2)18(13-21)22-20(24)17-11-7-8-12-19(17)27(25,26)23-15(3)16-9-5-4-6-10-16/h4-12,14-15,18,23H,13H2,1-3H3,(H,22,24)/t15-,18-/m1/s1. The molecule has 2 atom stereocenters. The van der Waals surface area contributed by atoms with E-state index in [1.54, 1.807) is 19.1 Å². The van der Waals surface area contributed by atoms with Gasteiger partial charge in [-0.05, 0) is 30.5 Å². The summed E-state index contributed by atoms with van der Waals surface area (Å²) in [5.41, 5.74) is 0.936. The van der Waals surface area contributed by atoms with E-state index in [0.717, 1.165) is 5.56 Å². The Bertz CT molecular complexity index is 870. The Morgan fingerprint density at radius 3 is 2.19 bits per heavy atom. The van der Waals surface area contributed by atoms with Gasteiger partial charge in [-0.15, -0.1) is 11.6 Å². The van der Waals surface area contributed by atoms with Crippen molar-refractivity contribution in [2.24, 2.45) is 5.92 Å². The summed E-state index contributed by atoms with van der Waals surface area (Å²) in [7, 11) is -3.89. The molecule has 0 spiro atoms. The van der Waals surface area contributed by atoms with Gasteiger partial charge in [-0.3, -0.25) is 4.79 Å². The first-order chi connectivity index (χ1) is 12.8. The number of sulfonamides is 1. The Morgan fingerprint density at radius 2 is 1.59 bits per heavy atom. The van der Waals surface area contributed by atoms with Gasteiger partial charge in [0.25, 0.3) is 5.91 Å². The Morgan fingerprint density at radius 1 is 1.00 bits per heavy atom. The molecular weight excluding hydrogens is 384 g/mol. The van der Waals surface area contributed by atoms with E-state index in [4.69, 9.17) is 11.6 Å². The average Bonchev–Trinajstić information content (AvgIpc) is 2.66. The van der Waals surface area contributed by atoms with Gasteiger partial charge in [-0.1, -0.05) is 56.3 Å². The molecule has 146 valence electrons. The minimum Gasteiger partial charge on any atom is -0.348 e. The number of amides is 1. The lowest BCUT2D eigenvalue weighted by Crippen LogP contribution is -2.40. The molecular formula is C20H25ClN2O3S. The number of benzene rings is 2. The number of hydrogen-bond acceptors (Lipinski definition) is 3. The molecule has 0 heterocycles. The normalized spacial score (nSPS) is 14.0. The first-order valence-electron chi connectivity index (χ1n) is 8.79. The van der Waals surface area contributed by atoms with E-state index in [9.17, 15) is 13.2 Å². The van der Waals surface area contributed by atoms with Crippen molar-refractivity contribution in [1.29, 1.82) is 0 Å². The predicted octanol–water partition coefficient (Wildman–Crippen LogP) is 3.72. The van der Waals surface area contributed by atoms with Crippen molar-refractivity contribution in [3.05, 3.63) is 65.7 Å². The zero-order valence-electron chi connectivity index (χ0n) is 15.6. The molecule has 0 unspecified atom stereocenters. The van der Waals surface area contributed by atoms with Gasteiger partial charge in [0.15, 0.2) is 0 Å². The van der Waals surface area contributed by atoms with Crippen molar-refractivity contribution in [3.8, 4) is 0 Å². The summed E-state index contributed by atoms with van der Waals surface area (Å²) in [5, 5.41) is 2.82. The van der Waals surface area contributed by atoms with Crippen molar-refractivity contribution < 1.29 is 13.2 Å². The predicted molar refractivity (Wildman–Crippen MR) is 108 cm³/mol. The highest BCUT2D eigenvalue weighted by Crippen LogP contribution is 2.20. The number of nitrogens with one attached hydrogen (secondary N) is 2. The highest BCUT2D eigenvalue weighted by molar-refractivity contribution is 7.89. The number of carbonyl (C=O) groups is 1. The van der Waals surface area contributed by atoms with Gasteiger partial charge < -0.3 is 5.32 Å². The molecule has 0 aliphatic heterocycles. The molecule has 0 aromatic heterocycles. The third-order valence-corrected chi connectivity index (χ3v) is 6.27. The van der Waals surface area contributed by atoms with Crippen LogP contribution in [0, 0.1) is 5.92 Å². The van der Waals surface area contributed by atoms with Crippen molar-refractivity contribution in [1.82, 2.24) is 10.0 Å². The van der Waals surface area contributed by atoms with Gasteiger partial charge in [0.05, 0.1) is 10.5 Å². The van der Waals surface area contributed by atoms with Gasteiger partial charge in [-0.2, -0.15) is 0 Å². The lowest BCUT2D eigenvalue weighted by molar-refractivity contribution is 0.0927. The molecule has 0 bridgehead atoms. The fourth-order valence-electron chi connectivity index (χ4n) is 2.62. The quantitative estimate of drug-likeness (QED) is 0.653. The monoisotopic (exact) mass is 408 g/mol. The second-order valence-corrected chi connectivity index (χ2v) is 8.72. The molecule has 7 heteroatoms. The third-order valence-electron chi connectivity index (χ3n) is 4.34. The van der Waals surface area contributed by atoms with E-state index in [1.165, 1.54) is 12.1 Å². The molecule has 1 amide bonds. The van der Waals surface area contributed by atoms with Gasteiger partial charge in [0, 0.05) is 18.0 Å². The van der Waals surface area contributed by atoms with Crippen molar-refractivity contribution in [2.45, 2.75) is 37.8 Å². The number of halogens is 1. The van der Waals surface area contributed by atoms with E-state index in [1.807, 2.05) is 44.2 Å². The molecule has 2 N–H and O–H groups in total. The summed E-state index contributed by atoms with van der Waals surface area (Å²) in [4.78, 5) is 12.6. The van der Waals surface area contributed by atoms with Gasteiger partial charge in [0.2, 0.25) is 10.0 Å². The first-order valence-corrected chi connectivity index (χ1v) is 10.8. The van der Waals surface area contributed by atoms with Crippen LogP contribution in [0.5, 0.6) is 0 Å². The van der Waals surface area contributed by atoms with E-state index in [2.05, 4.69) is 10.0 Å². The van der Waals surface area contributed by atoms with E-state index >= 15 is 0 Å². The van der Waals surface area contributed by atoms with Crippen LogP contribution in [-0.2, 0) is 10.0 Å². The molecule has 0 fully saturated rings. The van der Waals surface area contributed by atoms with Crippen LogP contribution in [-0.4, -0.2) is 26.2 Å². The van der Waals surface area contributed by atoms with E-state index in [0.29, 0.717) is 0 Å². The first kappa shape index (κ1) is 21.4. The van der Waals surface area contributed by atoms with Crippen LogP contribution in [0.3, 0.4) is 0 Å². The van der Waals surface area contributed by atoms with E-state index < -0.39 is 22.0 Å². The largest absolute Gasteiger partial charge is 0.348 e. The molecule has 0 saturated carbocycles. The summed E-state index contributed by atoms with van der Waals surface area (Å²) in [5.74, 6) is -0.0733. The van der Waals surface area contributed by atoms with Crippen LogP contribution < -0.4 is 10.0 Å². The minimum atomic E-state index is -3.89. The van der Waals surface area contributed by atoms with Crippen molar-refractivity contribution >= 4 is 27.5 Å². The number of hydrogen-bond donors (Lipinski definition) is 2. The molecule has 5 nitrogen and oxygen atoms in total. The number of alkyl halides is 1. The summed E-state index contributed by atoms with van der Waals surface area (Å²) in [6.45, 7) is 5.65. The van der Waals surface area contributed by atoms with Crippen molar-refractivity contribution in [2.75, 3.05) is 5.88 Å². The zero-order chi connectivity index (χ0) is 20.0. The van der Waals surface area contributed by atoms with Crippen LogP contribution in [0.2, 0.25) is 0 Å². The molecule has 0 aliphatic rings. The highest BCUT2D eigenvalue weighted by Gasteiger charge is 2.25. The van der Waals surface area contributed by atoms with Gasteiger partial charge in [-0.25, -0.2) is 13.1 Å². The molecule has 0 aliphatic carbocycles. The smallest absolute Gasteiger partial charge is 0.252 e. The molecule has 27 heavy (non-hydrogen) atoms. The molecule has 2 aromatic rings. The fraction of sp³-hybridized carbons (Fsp3) is 0.350. The maximum absolute atomic E-state index is 12.9. The van der Waals surface area contributed by atoms with Crippen LogP contribution in [0.15, 0.2) is 59.5 Å². The zero-order valence-corrected chi connectivity index (χ0v) is 17.2. The number of carbonyl (C=O) groups excluding carboxylic acids is 1. The second kappa shape index (κ2) is 9.35. The molecule has 2 rings (SSSR count). The van der Waals surface area contributed by atoms with Crippen LogP contribution in [0.1, 0.15) is 42.7 Å². The van der Waals surface area contributed by atoms with Crippen LogP contribution in [0.25, 0.3) is 0 Å². The van der Waals surface area contributed by atoms with Gasteiger partial charge >= 0.3 is 0 Å². The van der Waals surface area contributed by atoms with Crippen LogP contribution in [0.4, 0.5) is 0 Å². The lowest BCUT2D eigenvalue weighted by atomic mass is 10.1. The Balaban J connectivity index is 2.29. The van der Waals surface area contributed by atoms with Crippen LogP contribution >= 0.6 is 11.6 Å². The molecule has 2 aromatic carbocycles. The summed E-state index contributed by atoms with van der Waals surface area (Å²) in [6.07, 6.45) is 0. The topological polar surface area (TPSA) is 75.3 Å². The van der Waals surface area contributed by atoms with Crippen molar-refractivity contribution in [3.63, 3.8) is 0 Å². The Hall–Kier alpha value is -1.89. The third kappa shape index (κ3) is 5.54. The Labute approximate surface area is 166 Å². The van der Waals surface area contributed by atoms with E-state index in [-0.39, 0.29) is 28.3 Å². The maximum Gasteiger partial charge on any atom is 0.252 e. The summed E-state index contributed by atoms with van der Waals surface area (Å²) in [6, 6.07) is 14.7. The van der Waals surface area contributed by atoms with Gasteiger partial charge in [0.1, 0.15) is 0 Å². The average molecular weight is 409 g/mol. The summed E-state index contributed by atoms with van der Waals surface area (Å²) >= 11 is 5.92. The Kier molecular flexibility index (Phi) is 7.41. The summed E-state index contributed by atoms with van der Waals surface area (Å²) < 4.78 is 28.5. The lowest BCUT2D eigenvalue weighted by Gasteiger charge is -2.21. The number of rotatable bonds is 8. The fourth-order valence-corrected chi connectivity index (χ4v) is 4.49.